The lowest BCUT2D eigenvalue weighted by Crippen LogP contribution is -2.18. The summed E-state index contributed by atoms with van der Waals surface area (Å²) in [5.41, 5.74) is 7.41. The lowest BCUT2D eigenvalue weighted by molar-refractivity contribution is 0.493. The Morgan fingerprint density at radius 2 is 2.16 bits per heavy atom. The predicted octanol–water partition coefficient (Wildman–Crippen LogP) is 3.47. The molecule has 4 nitrogen and oxygen atoms in total. The molecule has 0 fully saturated rings. The van der Waals surface area contributed by atoms with Crippen LogP contribution in [-0.2, 0) is 6.42 Å². The molecule has 2 N–H and O–H groups in total. The molecule has 0 saturated carbocycles. The number of hydrogen-bond acceptors (Lipinski definition) is 3. The van der Waals surface area contributed by atoms with Gasteiger partial charge in [-0.15, -0.1) is 0 Å². The molecule has 0 radical (unpaired) electrons. The van der Waals surface area contributed by atoms with E-state index in [2.05, 4.69) is 74.6 Å². The van der Waals surface area contributed by atoms with Crippen LogP contribution in [0.3, 0.4) is 0 Å². The Hall–Kier alpha value is -0.470. The van der Waals surface area contributed by atoms with Gasteiger partial charge in [0.1, 0.15) is 12.2 Å². The van der Waals surface area contributed by atoms with Gasteiger partial charge in [-0.25, -0.2) is 9.67 Å². The summed E-state index contributed by atoms with van der Waals surface area (Å²) < 4.78 is 4.13. The predicted molar refractivity (Wildman–Crippen MR) is 87.9 cm³/mol. The van der Waals surface area contributed by atoms with E-state index in [1.165, 1.54) is 3.57 Å². The number of hydrogen-bond donors (Lipinski definition) is 1. The van der Waals surface area contributed by atoms with E-state index in [1.807, 2.05) is 10.7 Å². The molecule has 1 unspecified atom stereocenters. The highest BCUT2D eigenvalue weighted by Gasteiger charge is 2.16. The fraction of sp³-hybridized carbons (Fsp3) is 0.385. The summed E-state index contributed by atoms with van der Waals surface area (Å²) in [6.07, 6.45) is 2.27. The SMILES string of the molecule is CC(C)n1ncnc1CC(N)c1cc(I)ccc1Br. The van der Waals surface area contributed by atoms with Gasteiger partial charge in [0, 0.05) is 26.5 Å². The second-order valence-corrected chi connectivity index (χ2v) is 6.79. The first kappa shape index (κ1) is 14.9. The van der Waals surface area contributed by atoms with Crippen molar-refractivity contribution < 1.29 is 0 Å². The summed E-state index contributed by atoms with van der Waals surface area (Å²) in [6.45, 7) is 4.18. The second-order valence-electron chi connectivity index (χ2n) is 4.69. The largest absolute Gasteiger partial charge is 0.324 e. The van der Waals surface area contributed by atoms with Crippen molar-refractivity contribution in [3.8, 4) is 0 Å². The molecular formula is C13H16BrIN4. The maximum absolute atomic E-state index is 6.31. The van der Waals surface area contributed by atoms with E-state index in [9.17, 15) is 0 Å². The lowest BCUT2D eigenvalue weighted by atomic mass is 10.0. The van der Waals surface area contributed by atoms with Crippen LogP contribution in [0, 0.1) is 3.57 Å². The quantitative estimate of drug-likeness (QED) is 0.749. The summed E-state index contributed by atoms with van der Waals surface area (Å²) in [5, 5.41) is 4.24. The Labute approximate surface area is 135 Å². The monoisotopic (exact) mass is 434 g/mol. The standard InChI is InChI=1S/C13H16BrIN4/c1-8(2)19-13(17-7-18-19)6-12(16)10-5-9(15)3-4-11(10)14/h3-5,7-8,12H,6,16H2,1-2H3. The van der Waals surface area contributed by atoms with Gasteiger partial charge in [-0.3, -0.25) is 0 Å². The van der Waals surface area contributed by atoms with E-state index < -0.39 is 0 Å². The van der Waals surface area contributed by atoms with Gasteiger partial charge in [0.2, 0.25) is 0 Å². The van der Waals surface area contributed by atoms with Crippen molar-refractivity contribution in [1.29, 1.82) is 0 Å². The first-order chi connectivity index (χ1) is 8.99. The topological polar surface area (TPSA) is 56.7 Å². The van der Waals surface area contributed by atoms with Crippen molar-refractivity contribution in [2.75, 3.05) is 0 Å². The van der Waals surface area contributed by atoms with Crippen molar-refractivity contribution in [3.05, 3.63) is 44.0 Å². The van der Waals surface area contributed by atoms with E-state index in [4.69, 9.17) is 5.73 Å². The van der Waals surface area contributed by atoms with Crippen LogP contribution in [-0.4, -0.2) is 14.8 Å². The summed E-state index contributed by atoms with van der Waals surface area (Å²) >= 11 is 5.85. The molecule has 0 bridgehead atoms. The summed E-state index contributed by atoms with van der Waals surface area (Å²) in [7, 11) is 0. The maximum Gasteiger partial charge on any atom is 0.138 e. The highest BCUT2D eigenvalue weighted by atomic mass is 127. The molecule has 0 amide bonds. The van der Waals surface area contributed by atoms with Crippen molar-refractivity contribution in [1.82, 2.24) is 14.8 Å². The first-order valence-electron chi connectivity index (χ1n) is 6.08. The third kappa shape index (κ3) is 3.55. The average molecular weight is 435 g/mol. The van der Waals surface area contributed by atoms with Crippen LogP contribution in [0.1, 0.15) is 37.3 Å². The molecule has 102 valence electrons. The zero-order valence-corrected chi connectivity index (χ0v) is 14.6. The van der Waals surface area contributed by atoms with Crippen LogP contribution < -0.4 is 5.73 Å². The number of nitrogens with zero attached hydrogens (tertiary/aromatic N) is 3. The van der Waals surface area contributed by atoms with Crippen LogP contribution in [0.25, 0.3) is 0 Å². The van der Waals surface area contributed by atoms with Crippen molar-refractivity contribution >= 4 is 38.5 Å². The fourth-order valence-corrected chi connectivity index (χ4v) is 3.01. The minimum Gasteiger partial charge on any atom is -0.324 e. The van der Waals surface area contributed by atoms with Gasteiger partial charge in [0.15, 0.2) is 0 Å². The molecule has 2 rings (SSSR count). The van der Waals surface area contributed by atoms with Crippen LogP contribution in [0.4, 0.5) is 0 Å². The van der Waals surface area contributed by atoms with Crippen LogP contribution in [0.15, 0.2) is 29.0 Å². The van der Waals surface area contributed by atoms with E-state index >= 15 is 0 Å². The zero-order valence-electron chi connectivity index (χ0n) is 10.8. The van der Waals surface area contributed by atoms with Gasteiger partial charge in [-0.05, 0) is 60.2 Å². The molecule has 0 spiro atoms. The molecule has 0 aliphatic heterocycles. The third-order valence-corrected chi connectivity index (χ3v) is 4.29. The lowest BCUT2D eigenvalue weighted by Gasteiger charge is -2.16. The van der Waals surface area contributed by atoms with Gasteiger partial charge in [-0.2, -0.15) is 5.10 Å². The molecule has 0 saturated heterocycles. The van der Waals surface area contributed by atoms with Crippen LogP contribution >= 0.6 is 38.5 Å². The van der Waals surface area contributed by atoms with E-state index in [0.29, 0.717) is 12.5 Å². The summed E-state index contributed by atoms with van der Waals surface area (Å²) in [5.74, 6) is 0.924. The van der Waals surface area contributed by atoms with Gasteiger partial charge < -0.3 is 5.73 Å². The highest BCUT2D eigenvalue weighted by molar-refractivity contribution is 14.1. The number of halogens is 2. The minimum atomic E-state index is -0.0919. The minimum absolute atomic E-state index is 0.0919. The van der Waals surface area contributed by atoms with Crippen molar-refractivity contribution in [2.24, 2.45) is 5.73 Å². The Kier molecular flexibility index (Phi) is 4.97. The Morgan fingerprint density at radius 3 is 2.84 bits per heavy atom. The molecule has 6 heteroatoms. The molecule has 0 aliphatic rings. The first-order valence-corrected chi connectivity index (χ1v) is 7.95. The van der Waals surface area contributed by atoms with Crippen LogP contribution in [0.2, 0.25) is 0 Å². The second kappa shape index (κ2) is 6.32. The molecule has 0 aliphatic carbocycles. The third-order valence-electron chi connectivity index (χ3n) is 2.90. The maximum atomic E-state index is 6.31. The van der Waals surface area contributed by atoms with E-state index in [1.54, 1.807) is 6.33 Å². The molecule has 19 heavy (non-hydrogen) atoms. The molecule has 2 aromatic rings. The molecule has 1 aromatic carbocycles. The molecular weight excluding hydrogens is 419 g/mol. The number of aromatic nitrogens is 3. The van der Waals surface area contributed by atoms with Crippen LogP contribution in [0.5, 0.6) is 0 Å². The number of nitrogens with two attached hydrogens (primary N) is 1. The average Bonchev–Trinajstić information content (AvgIpc) is 2.80. The smallest absolute Gasteiger partial charge is 0.138 e. The normalized spacial score (nSPS) is 12.9. The fourth-order valence-electron chi connectivity index (χ4n) is 1.96. The molecule has 1 heterocycles. The van der Waals surface area contributed by atoms with Gasteiger partial charge in [0.05, 0.1) is 0 Å². The van der Waals surface area contributed by atoms with E-state index in [-0.39, 0.29) is 6.04 Å². The number of rotatable bonds is 4. The van der Waals surface area contributed by atoms with Crippen molar-refractivity contribution in [3.63, 3.8) is 0 Å². The molecule has 1 aromatic heterocycles. The van der Waals surface area contributed by atoms with Gasteiger partial charge in [-0.1, -0.05) is 15.9 Å². The van der Waals surface area contributed by atoms with E-state index in [0.717, 1.165) is 15.9 Å². The van der Waals surface area contributed by atoms with Gasteiger partial charge >= 0.3 is 0 Å². The Morgan fingerprint density at radius 1 is 1.42 bits per heavy atom. The Bertz CT molecular complexity index is 568. The molecule has 1 atom stereocenters. The summed E-state index contributed by atoms with van der Waals surface area (Å²) in [4.78, 5) is 4.31. The highest BCUT2D eigenvalue weighted by Crippen LogP contribution is 2.26. The van der Waals surface area contributed by atoms with Crippen molar-refractivity contribution in [2.45, 2.75) is 32.4 Å². The Balaban J connectivity index is 2.23. The number of benzene rings is 1. The summed E-state index contributed by atoms with van der Waals surface area (Å²) in [6, 6.07) is 6.39. The van der Waals surface area contributed by atoms with Gasteiger partial charge in [0.25, 0.3) is 0 Å². The zero-order chi connectivity index (χ0) is 14.0.